The Morgan fingerprint density at radius 2 is 1.61 bits per heavy atom. The molecule has 2 unspecified atom stereocenters. The topological polar surface area (TPSA) is 92.8 Å². The second-order valence-electron chi connectivity index (χ2n) is 9.13. The summed E-state index contributed by atoms with van der Waals surface area (Å²) < 4.78 is 34.3. The van der Waals surface area contributed by atoms with Crippen molar-refractivity contribution < 1.29 is 22.7 Å². The van der Waals surface area contributed by atoms with Crippen LogP contribution in [0.15, 0.2) is 47.4 Å². The average molecular weight is 471 g/mol. The number of imide groups is 1. The van der Waals surface area contributed by atoms with E-state index in [0.717, 1.165) is 31.2 Å². The average Bonchev–Trinajstić information content (AvgIpc) is 3.04. The van der Waals surface area contributed by atoms with Gasteiger partial charge in [-0.1, -0.05) is 44.9 Å². The highest BCUT2D eigenvalue weighted by Crippen LogP contribution is 2.39. The normalized spacial score (nSPS) is 20.8. The summed E-state index contributed by atoms with van der Waals surface area (Å²) in [4.78, 5) is 26.9. The predicted molar refractivity (Wildman–Crippen MR) is 125 cm³/mol. The van der Waals surface area contributed by atoms with Gasteiger partial charge in [-0.2, -0.15) is 0 Å². The van der Waals surface area contributed by atoms with Crippen molar-refractivity contribution in [3.8, 4) is 5.75 Å². The molecule has 2 amide bonds. The zero-order valence-electron chi connectivity index (χ0n) is 19.2. The number of nitrogens with zero attached hydrogens (tertiary/aromatic N) is 1. The molecule has 1 heterocycles. The van der Waals surface area contributed by atoms with Crippen molar-refractivity contribution in [1.29, 1.82) is 0 Å². The highest BCUT2D eigenvalue weighted by Gasteiger charge is 2.47. The van der Waals surface area contributed by atoms with Crippen LogP contribution in [0.3, 0.4) is 0 Å². The first-order valence-electron chi connectivity index (χ1n) is 11.4. The van der Waals surface area contributed by atoms with E-state index in [4.69, 9.17) is 4.74 Å². The monoisotopic (exact) mass is 470 g/mol. The Labute approximate surface area is 195 Å². The number of likely N-dealkylation sites (tertiary alicyclic amines) is 1. The fourth-order valence-electron chi connectivity index (χ4n) is 4.75. The first kappa shape index (κ1) is 23.3. The Hall–Kier alpha value is -2.87. The first-order chi connectivity index (χ1) is 15.7. The molecule has 1 aliphatic heterocycles. The molecule has 8 heteroatoms. The number of fused-ring (bicyclic) bond motifs is 1. The van der Waals surface area contributed by atoms with Gasteiger partial charge in [-0.25, -0.2) is 8.42 Å². The minimum absolute atomic E-state index is 0.0352. The summed E-state index contributed by atoms with van der Waals surface area (Å²) in [6, 6.07) is 12.0. The highest BCUT2D eigenvalue weighted by molar-refractivity contribution is 7.92. The molecule has 2 aromatic carbocycles. The maximum absolute atomic E-state index is 13.2. The van der Waals surface area contributed by atoms with Crippen LogP contribution in [0.25, 0.3) is 0 Å². The lowest BCUT2D eigenvalue weighted by atomic mass is 9.81. The van der Waals surface area contributed by atoms with E-state index in [2.05, 4.69) is 18.6 Å². The number of rotatable bonds is 7. The lowest BCUT2D eigenvalue weighted by molar-refractivity contribution is -0.140. The molecule has 0 spiro atoms. The first-order valence-corrected chi connectivity index (χ1v) is 12.8. The quantitative estimate of drug-likeness (QED) is 0.609. The second kappa shape index (κ2) is 9.17. The van der Waals surface area contributed by atoms with Crippen LogP contribution in [0.2, 0.25) is 0 Å². The number of benzene rings is 2. The molecular formula is C25H30N2O5S. The predicted octanol–water partition coefficient (Wildman–Crippen LogP) is 4.29. The van der Waals surface area contributed by atoms with E-state index < -0.39 is 10.0 Å². The number of amides is 2. The van der Waals surface area contributed by atoms with Gasteiger partial charge in [-0.15, -0.1) is 0 Å². The van der Waals surface area contributed by atoms with Crippen LogP contribution in [-0.2, 0) is 26.2 Å². The summed E-state index contributed by atoms with van der Waals surface area (Å²) in [5.74, 6) is -0.224. The third kappa shape index (κ3) is 4.62. The SMILES string of the molecule is COc1ccc(CN2C(=O)C3CCCCC3C2=O)cc1S(=O)(=O)Nc1ccc(C(C)C)cc1. The van der Waals surface area contributed by atoms with Crippen LogP contribution in [0, 0.1) is 11.8 Å². The minimum Gasteiger partial charge on any atom is -0.495 e. The van der Waals surface area contributed by atoms with Gasteiger partial charge < -0.3 is 4.74 Å². The smallest absolute Gasteiger partial charge is 0.265 e. The molecule has 33 heavy (non-hydrogen) atoms. The fourth-order valence-corrected chi connectivity index (χ4v) is 6.02. The number of hydrogen-bond donors (Lipinski definition) is 1. The fraction of sp³-hybridized carbons (Fsp3) is 0.440. The summed E-state index contributed by atoms with van der Waals surface area (Å²) in [6.07, 6.45) is 3.41. The molecule has 1 aliphatic carbocycles. The van der Waals surface area contributed by atoms with E-state index in [9.17, 15) is 18.0 Å². The van der Waals surface area contributed by atoms with Gasteiger partial charge in [-0.05, 0) is 54.2 Å². The van der Waals surface area contributed by atoms with Gasteiger partial charge >= 0.3 is 0 Å². The summed E-state index contributed by atoms with van der Waals surface area (Å²) in [6.45, 7) is 4.20. The van der Waals surface area contributed by atoms with E-state index >= 15 is 0 Å². The number of methoxy groups -OCH3 is 1. The van der Waals surface area contributed by atoms with Crippen LogP contribution in [0.4, 0.5) is 5.69 Å². The number of hydrogen-bond acceptors (Lipinski definition) is 5. The molecule has 176 valence electrons. The Kier molecular flexibility index (Phi) is 6.47. The maximum Gasteiger partial charge on any atom is 0.265 e. The molecule has 2 fully saturated rings. The van der Waals surface area contributed by atoms with E-state index in [1.54, 1.807) is 24.3 Å². The van der Waals surface area contributed by atoms with Crippen LogP contribution in [-0.4, -0.2) is 32.2 Å². The lowest BCUT2D eigenvalue weighted by Crippen LogP contribution is -2.30. The zero-order valence-corrected chi connectivity index (χ0v) is 20.0. The van der Waals surface area contributed by atoms with Crippen molar-refractivity contribution in [2.75, 3.05) is 11.8 Å². The number of carbonyl (C=O) groups is 2. The Morgan fingerprint density at radius 1 is 1.00 bits per heavy atom. The van der Waals surface area contributed by atoms with Crippen LogP contribution in [0.1, 0.15) is 56.6 Å². The highest BCUT2D eigenvalue weighted by atomic mass is 32.2. The van der Waals surface area contributed by atoms with Crippen molar-refractivity contribution >= 4 is 27.5 Å². The number of carbonyl (C=O) groups excluding carboxylic acids is 2. The largest absolute Gasteiger partial charge is 0.495 e. The van der Waals surface area contributed by atoms with E-state index in [1.807, 2.05) is 12.1 Å². The van der Waals surface area contributed by atoms with E-state index in [1.165, 1.54) is 18.1 Å². The third-order valence-electron chi connectivity index (χ3n) is 6.62. The van der Waals surface area contributed by atoms with Crippen molar-refractivity contribution in [2.45, 2.75) is 56.9 Å². The van der Waals surface area contributed by atoms with Gasteiger partial charge in [0.1, 0.15) is 10.6 Å². The Morgan fingerprint density at radius 3 is 2.15 bits per heavy atom. The van der Waals surface area contributed by atoms with Gasteiger partial charge in [0.15, 0.2) is 0 Å². The summed E-state index contributed by atoms with van der Waals surface area (Å²) >= 11 is 0. The van der Waals surface area contributed by atoms with Gasteiger partial charge in [0, 0.05) is 5.69 Å². The van der Waals surface area contributed by atoms with Crippen molar-refractivity contribution in [2.24, 2.45) is 11.8 Å². The van der Waals surface area contributed by atoms with Crippen LogP contribution >= 0.6 is 0 Å². The van der Waals surface area contributed by atoms with Crippen molar-refractivity contribution in [3.05, 3.63) is 53.6 Å². The molecule has 1 saturated heterocycles. The molecule has 0 aromatic heterocycles. The standard InChI is InChI=1S/C25H30N2O5S/c1-16(2)18-9-11-19(12-10-18)26-33(30,31)23-14-17(8-13-22(23)32-3)15-27-24(28)20-6-4-5-7-21(20)25(27)29/h8-14,16,20-21,26H,4-7,15H2,1-3H3. The molecule has 0 bridgehead atoms. The number of sulfonamides is 1. The maximum atomic E-state index is 13.2. The molecule has 2 aromatic rings. The van der Waals surface area contributed by atoms with E-state index in [0.29, 0.717) is 17.2 Å². The summed E-state index contributed by atoms with van der Waals surface area (Å²) in [7, 11) is -2.55. The Bertz CT molecular complexity index is 1130. The Balaban J connectivity index is 1.58. The van der Waals surface area contributed by atoms with Gasteiger partial charge in [0.25, 0.3) is 10.0 Å². The third-order valence-corrected chi connectivity index (χ3v) is 8.02. The molecule has 0 radical (unpaired) electrons. The summed E-state index contributed by atoms with van der Waals surface area (Å²) in [5.41, 5.74) is 2.12. The number of anilines is 1. The molecule has 1 saturated carbocycles. The van der Waals surface area contributed by atoms with Crippen molar-refractivity contribution in [1.82, 2.24) is 4.90 Å². The number of ether oxygens (including phenoxy) is 1. The van der Waals surface area contributed by atoms with Gasteiger partial charge in [-0.3, -0.25) is 19.2 Å². The zero-order chi connectivity index (χ0) is 23.8. The molecule has 7 nitrogen and oxygen atoms in total. The van der Waals surface area contributed by atoms with Gasteiger partial charge in [0.2, 0.25) is 11.8 Å². The molecule has 4 rings (SSSR count). The molecule has 1 N–H and O–H groups in total. The lowest BCUT2D eigenvalue weighted by Gasteiger charge is -2.19. The van der Waals surface area contributed by atoms with Crippen molar-refractivity contribution in [3.63, 3.8) is 0 Å². The summed E-state index contributed by atoms with van der Waals surface area (Å²) in [5, 5.41) is 0. The van der Waals surface area contributed by atoms with Crippen LogP contribution in [0.5, 0.6) is 5.75 Å². The molecular weight excluding hydrogens is 440 g/mol. The second-order valence-corrected chi connectivity index (χ2v) is 10.8. The number of nitrogens with one attached hydrogen (secondary N) is 1. The van der Waals surface area contributed by atoms with Gasteiger partial charge in [0.05, 0.1) is 25.5 Å². The van der Waals surface area contributed by atoms with Crippen LogP contribution < -0.4 is 9.46 Å². The van der Waals surface area contributed by atoms with E-state index in [-0.39, 0.29) is 40.8 Å². The minimum atomic E-state index is -3.96. The molecule has 2 aliphatic rings. The molecule has 2 atom stereocenters.